The molecule has 0 amide bonds. The van der Waals surface area contributed by atoms with Crippen LogP contribution in [-0.2, 0) is 6.42 Å². The number of aryl methyl sites for hydroxylation is 2. The molecule has 0 unspecified atom stereocenters. The predicted octanol–water partition coefficient (Wildman–Crippen LogP) is 7.02. The first-order valence-electron chi connectivity index (χ1n) is 8.50. The van der Waals surface area contributed by atoms with Crippen molar-refractivity contribution in [1.29, 1.82) is 0 Å². The molecule has 0 spiro atoms. The molecule has 0 atom stereocenters. The Bertz CT molecular complexity index is 588. The lowest BCUT2D eigenvalue weighted by atomic mass is 10.2. The third kappa shape index (κ3) is 15.9. The third-order valence-corrected chi connectivity index (χ3v) is 2.86. The van der Waals surface area contributed by atoms with Crippen molar-refractivity contribution in [2.45, 2.75) is 40.5 Å². The molecule has 0 bridgehead atoms. The van der Waals surface area contributed by atoms with Crippen LogP contribution in [0.15, 0.2) is 80.0 Å². The molecular formula is C24H33N. The normalized spacial score (nSPS) is 7.96. The Morgan fingerprint density at radius 1 is 1.00 bits per heavy atom. The van der Waals surface area contributed by atoms with Crippen LogP contribution in [0.3, 0.4) is 0 Å². The van der Waals surface area contributed by atoms with E-state index in [1.54, 1.807) is 0 Å². The highest BCUT2D eigenvalue weighted by molar-refractivity contribution is 5.48. The second kappa shape index (κ2) is 17.6. The smallest absolute Gasteiger partial charge is 0.0381 e. The van der Waals surface area contributed by atoms with Crippen LogP contribution in [0.1, 0.15) is 38.3 Å². The van der Waals surface area contributed by atoms with E-state index in [0.29, 0.717) is 0 Å². The van der Waals surface area contributed by atoms with E-state index in [4.69, 9.17) is 6.42 Å². The van der Waals surface area contributed by atoms with Gasteiger partial charge in [0.15, 0.2) is 0 Å². The Morgan fingerprint density at radius 2 is 1.48 bits per heavy atom. The van der Waals surface area contributed by atoms with Gasteiger partial charge in [-0.15, -0.1) is 25.5 Å². The summed E-state index contributed by atoms with van der Waals surface area (Å²) in [7, 11) is 0. The molecule has 0 aliphatic rings. The summed E-state index contributed by atoms with van der Waals surface area (Å²) in [5.41, 5.74) is 4.75. The summed E-state index contributed by atoms with van der Waals surface area (Å²) >= 11 is 0. The Balaban J connectivity index is 0. The van der Waals surface area contributed by atoms with Gasteiger partial charge in [-0.2, -0.15) is 0 Å². The fraction of sp³-hybridized carbons (Fsp3) is 0.250. The maximum absolute atomic E-state index is 4.78. The highest BCUT2D eigenvalue weighted by Crippen LogP contribution is 2.09. The molecule has 0 aliphatic carbocycles. The monoisotopic (exact) mass is 335 g/mol. The van der Waals surface area contributed by atoms with E-state index in [2.05, 4.69) is 81.2 Å². The van der Waals surface area contributed by atoms with E-state index in [-0.39, 0.29) is 0 Å². The molecule has 2 aromatic rings. The molecule has 1 heteroatoms. The standard InChI is InChI=1S/C10H13N.C8H10.C4H6.C2H4/c1-8(2)11-10-6-4-9(3)5-7-10;1-2-8-6-4-3-5-7-8;1-3-4-2;1-2/h4-7,11H,1H2,2-3H3;3-7H,2H2,1H3;1H,4H2,2H3;1-2H2. The van der Waals surface area contributed by atoms with Crippen molar-refractivity contribution in [3.05, 3.63) is 91.2 Å². The zero-order chi connectivity index (χ0) is 19.5. The lowest BCUT2D eigenvalue weighted by Gasteiger charge is -2.04. The van der Waals surface area contributed by atoms with E-state index in [0.717, 1.165) is 24.2 Å². The molecule has 2 aromatic carbocycles. The average molecular weight is 336 g/mol. The van der Waals surface area contributed by atoms with Crippen molar-refractivity contribution in [3.8, 4) is 12.3 Å². The van der Waals surface area contributed by atoms with Crippen LogP contribution in [0, 0.1) is 19.3 Å². The molecule has 0 radical (unpaired) electrons. The molecule has 2 rings (SSSR count). The van der Waals surface area contributed by atoms with Crippen LogP contribution in [0.5, 0.6) is 0 Å². The fourth-order valence-corrected chi connectivity index (χ4v) is 1.60. The van der Waals surface area contributed by atoms with E-state index in [9.17, 15) is 0 Å². The summed E-state index contributed by atoms with van der Waals surface area (Å²) in [5, 5.41) is 3.14. The summed E-state index contributed by atoms with van der Waals surface area (Å²) in [6, 6.07) is 18.7. The second-order valence-electron chi connectivity index (χ2n) is 5.17. The van der Waals surface area contributed by atoms with Gasteiger partial charge in [0.25, 0.3) is 0 Å². The van der Waals surface area contributed by atoms with Crippen molar-refractivity contribution in [3.63, 3.8) is 0 Å². The average Bonchev–Trinajstić information content (AvgIpc) is 2.66. The zero-order valence-corrected chi connectivity index (χ0v) is 16.3. The molecule has 0 saturated heterocycles. The number of allylic oxidation sites excluding steroid dienone is 1. The van der Waals surface area contributed by atoms with Crippen LogP contribution < -0.4 is 5.32 Å². The summed E-state index contributed by atoms with van der Waals surface area (Å²) < 4.78 is 0. The Labute approximate surface area is 155 Å². The highest BCUT2D eigenvalue weighted by Gasteiger charge is 1.88. The zero-order valence-electron chi connectivity index (χ0n) is 16.3. The lowest BCUT2D eigenvalue weighted by Crippen LogP contribution is -1.92. The van der Waals surface area contributed by atoms with Gasteiger partial charge in [0.1, 0.15) is 0 Å². The van der Waals surface area contributed by atoms with E-state index >= 15 is 0 Å². The van der Waals surface area contributed by atoms with Gasteiger partial charge in [0.2, 0.25) is 0 Å². The van der Waals surface area contributed by atoms with Gasteiger partial charge in [-0.1, -0.05) is 68.5 Å². The van der Waals surface area contributed by atoms with Crippen molar-refractivity contribution < 1.29 is 0 Å². The van der Waals surface area contributed by atoms with Crippen LogP contribution in [0.4, 0.5) is 5.69 Å². The minimum Gasteiger partial charge on any atom is -0.360 e. The van der Waals surface area contributed by atoms with Crippen molar-refractivity contribution in [2.24, 2.45) is 0 Å². The van der Waals surface area contributed by atoms with Crippen LogP contribution in [0.25, 0.3) is 0 Å². The van der Waals surface area contributed by atoms with Gasteiger partial charge in [-0.3, -0.25) is 0 Å². The number of nitrogens with one attached hydrogen (secondary N) is 1. The van der Waals surface area contributed by atoms with Crippen molar-refractivity contribution in [1.82, 2.24) is 0 Å². The van der Waals surface area contributed by atoms with Crippen molar-refractivity contribution >= 4 is 5.69 Å². The third-order valence-electron chi connectivity index (χ3n) is 2.86. The Morgan fingerprint density at radius 3 is 1.80 bits per heavy atom. The van der Waals surface area contributed by atoms with E-state index < -0.39 is 0 Å². The summed E-state index contributed by atoms with van der Waals surface area (Å²) in [4.78, 5) is 0. The van der Waals surface area contributed by atoms with Crippen LogP contribution >= 0.6 is 0 Å². The van der Waals surface area contributed by atoms with E-state index in [1.165, 1.54) is 11.1 Å². The molecular weight excluding hydrogens is 302 g/mol. The molecule has 134 valence electrons. The van der Waals surface area contributed by atoms with Gasteiger partial charge in [0, 0.05) is 17.8 Å². The largest absolute Gasteiger partial charge is 0.360 e. The first-order chi connectivity index (χ1) is 12.0. The van der Waals surface area contributed by atoms with Crippen molar-refractivity contribution in [2.75, 3.05) is 5.32 Å². The van der Waals surface area contributed by atoms with Crippen LogP contribution in [0.2, 0.25) is 0 Å². The first kappa shape index (κ1) is 24.5. The fourth-order valence-electron chi connectivity index (χ4n) is 1.60. The van der Waals surface area contributed by atoms with Gasteiger partial charge in [-0.25, -0.2) is 0 Å². The van der Waals surface area contributed by atoms with Crippen LogP contribution in [-0.4, -0.2) is 0 Å². The molecule has 25 heavy (non-hydrogen) atoms. The lowest BCUT2D eigenvalue weighted by molar-refractivity contribution is 1.14. The Kier molecular flexibility index (Phi) is 17.3. The SMILES string of the molecule is C#CCC.C=C.C=C(C)Nc1ccc(C)cc1.CCc1ccccc1. The number of hydrogen-bond acceptors (Lipinski definition) is 1. The topological polar surface area (TPSA) is 12.0 Å². The first-order valence-corrected chi connectivity index (χ1v) is 8.50. The number of rotatable bonds is 3. The number of anilines is 1. The predicted molar refractivity (Wildman–Crippen MR) is 116 cm³/mol. The quantitative estimate of drug-likeness (QED) is 0.469. The molecule has 0 heterocycles. The second-order valence-corrected chi connectivity index (χ2v) is 5.17. The summed E-state index contributed by atoms with van der Waals surface area (Å²) in [6.07, 6.45) is 6.76. The molecule has 1 nitrogen and oxygen atoms in total. The molecule has 0 saturated carbocycles. The molecule has 1 N–H and O–H groups in total. The highest BCUT2D eigenvalue weighted by atomic mass is 14.9. The molecule has 0 aliphatic heterocycles. The van der Waals surface area contributed by atoms with Gasteiger partial charge in [-0.05, 0) is 38.0 Å². The Hall–Kier alpha value is -2.72. The van der Waals surface area contributed by atoms with E-state index in [1.807, 2.05) is 32.0 Å². The minimum atomic E-state index is 0.847. The number of benzene rings is 2. The maximum atomic E-state index is 4.78. The van der Waals surface area contributed by atoms with Gasteiger partial charge < -0.3 is 5.32 Å². The van der Waals surface area contributed by atoms with Gasteiger partial charge >= 0.3 is 0 Å². The number of hydrogen-bond donors (Lipinski definition) is 1. The maximum Gasteiger partial charge on any atom is 0.0381 e. The summed E-state index contributed by atoms with van der Waals surface area (Å²) in [6.45, 7) is 17.9. The minimum absolute atomic E-state index is 0.847. The molecule has 0 aromatic heterocycles. The summed E-state index contributed by atoms with van der Waals surface area (Å²) in [5.74, 6) is 2.43. The molecule has 0 fully saturated rings. The van der Waals surface area contributed by atoms with Gasteiger partial charge in [0.05, 0.1) is 0 Å². The number of terminal acetylenes is 1.